The van der Waals surface area contributed by atoms with E-state index >= 15 is 0 Å². The van der Waals surface area contributed by atoms with Crippen LogP contribution in [0.15, 0.2) is 64.4 Å². The Morgan fingerprint density at radius 1 is 1.07 bits per heavy atom. The van der Waals surface area contributed by atoms with Crippen molar-refractivity contribution in [2.24, 2.45) is 4.99 Å². The van der Waals surface area contributed by atoms with E-state index in [0.717, 1.165) is 28.5 Å². The van der Waals surface area contributed by atoms with Gasteiger partial charge in [0.1, 0.15) is 5.69 Å². The number of rotatable bonds is 2. The van der Waals surface area contributed by atoms with E-state index in [0.29, 0.717) is 16.0 Å². The average molecular weight is 401 g/mol. The molecule has 0 aliphatic carbocycles. The molecule has 29 heavy (non-hydrogen) atoms. The van der Waals surface area contributed by atoms with Gasteiger partial charge in [-0.25, -0.2) is 9.67 Å². The Hall–Kier alpha value is -3.45. The topological polar surface area (TPSA) is 64.2 Å². The highest BCUT2D eigenvalue weighted by Crippen LogP contribution is 2.31. The molecule has 4 aromatic rings. The third-order valence-corrected chi connectivity index (χ3v) is 5.91. The zero-order chi connectivity index (χ0) is 20.0. The van der Waals surface area contributed by atoms with Crippen molar-refractivity contribution in [3.8, 4) is 5.69 Å². The molecule has 6 nitrogen and oxygen atoms in total. The summed E-state index contributed by atoms with van der Waals surface area (Å²) in [5, 5.41) is 8.01. The van der Waals surface area contributed by atoms with E-state index < -0.39 is 0 Å². The number of fused-ring (bicyclic) bond motifs is 2. The van der Waals surface area contributed by atoms with Crippen LogP contribution in [0.5, 0.6) is 0 Å². The molecule has 2 aromatic carbocycles. The predicted molar refractivity (Wildman–Crippen MR) is 116 cm³/mol. The molecule has 3 heterocycles. The fourth-order valence-corrected chi connectivity index (χ4v) is 4.35. The number of aromatic nitrogens is 3. The molecule has 0 radical (unpaired) electrons. The fraction of sp³-hybridized carbons (Fsp3) is 0.136. The molecule has 0 bridgehead atoms. The smallest absolute Gasteiger partial charge is 0.271 e. The minimum atomic E-state index is -0.0381. The van der Waals surface area contributed by atoms with E-state index in [2.05, 4.69) is 10.4 Å². The highest BCUT2D eigenvalue weighted by atomic mass is 32.1. The number of thiazole rings is 1. The fourth-order valence-electron chi connectivity index (χ4n) is 3.36. The van der Waals surface area contributed by atoms with Crippen LogP contribution in [0.3, 0.4) is 0 Å². The Morgan fingerprint density at radius 2 is 1.83 bits per heavy atom. The minimum absolute atomic E-state index is 0.0381. The lowest BCUT2D eigenvalue weighted by Crippen LogP contribution is -2.33. The van der Waals surface area contributed by atoms with Crippen LogP contribution in [-0.2, 0) is 6.67 Å². The molecular weight excluding hydrogens is 382 g/mol. The van der Waals surface area contributed by atoms with Gasteiger partial charge >= 0.3 is 0 Å². The summed E-state index contributed by atoms with van der Waals surface area (Å²) in [5.74, 6) is 0.799. The lowest BCUT2D eigenvalue weighted by atomic mass is 10.1. The van der Waals surface area contributed by atoms with Crippen LogP contribution < -0.4 is 20.2 Å². The average Bonchev–Trinajstić information content (AvgIpc) is 3.11. The van der Waals surface area contributed by atoms with Crippen molar-refractivity contribution in [2.45, 2.75) is 20.5 Å². The van der Waals surface area contributed by atoms with Gasteiger partial charge in [-0.1, -0.05) is 59.4 Å². The van der Waals surface area contributed by atoms with Crippen molar-refractivity contribution in [2.75, 3.05) is 5.32 Å². The second-order valence-corrected chi connectivity index (χ2v) is 8.02. The normalized spacial score (nSPS) is 13.2. The first-order valence-electron chi connectivity index (χ1n) is 9.36. The first kappa shape index (κ1) is 17.6. The number of hydrogen-bond donors (Lipinski definition) is 1. The van der Waals surface area contributed by atoms with Crippen LogP contribution >= 0.6 is 11.3 Å². The van der Waals surface area contributed by atoms with Crippen molar-refractivity contribution in [3.05, 3.63) is 91.1 Å². The summed E-state index contributed by atoms with van der Waals surface area (Å²) in [7, 11) is 0. The molecule has 0 fully saturated rings. The Kier molecular flexibility index (Phi) is 4.17. The summed E-state index contributed by atoms with van der Waals surface area (Å²) in [4.78, 5) is 18.4. The van der Waals surface area contributed by atoms with E-state index in [9.17, 15) is 4.79 Å². The molecule has 0 spiro atoms. The van der Waals surface area contributed by atoms with Crippen LogP contribution in [0.1, 0.15) is 16.8 Å². The predicted octanol–water partition coefficient (Wildman–Crippen LogP) is 2.88. The first-order chi connectivity index (χ1) is 14.1. The number of nitrogens with one attached hydrogen (secondary N) is 1. The molecule has 1 aliphatic heterocycles. The van der Waals surface area contributed by atoms with Gasteiger partial charge in [-0.05, 0) is 37.6 Å². The van der Waals surface area contributed by atoms with Gasteiger partial charge < -0.3 is 5.32 Å². The zero-order valence-electron chi connectivity index (χ0n) is 16.1. The van der Waals surface area contributed by atoms with Crippen LogP contribution in [0.4, 0.5) is 11.5 Å². The van der Waals surface area contributed by atoms with Gasteiger partial charge in [0.25, 0.3) is 5.56 Å². The maximum atomic E-state index is 13.0. The van der Waals surface area contributed by atoms with Crippen molar-refractivity contribution in [1.82, 2.24) is 14.3 Å². The molecule has 1 N–H and O–H groups in total. The Balaban J connectivity index is 1.66. The van der Waals surface area contributed by atoms with E-state index in [1.165, 1.54) is 16.9 Å². The largest absolute Gasteiger partial charge is 0.350 e. The maximum absolute atomic E-state index is 13.0. The number of hydrogen-bond acceptors (Lipinski definition) is 5. The van der Waals surface area contributed by atoms with Gasteiger partial charge in [0.15, 0.2) is 10.6 Å². The molecule has 0 saturated carbocycles. The van der Waals surface area contributed by atoms with E-state index in [4.69, 9.17) is 4.99 Å². The molecule has 0 atom stereocenters. The molecule has 0 saturated heterocycles. The SMILES string of the molecule is Cc1ccc(/C=c2\sc3n(c2=O)CNc2c(c(C)nn2-c2ccccc2)N=3)cc1. The summed E-state index contributed by atoms with van der Waals surface area (Å²) in [6.07, 6.45) is 1.92. The Morgan fingerprint density at radius 3 is 2.59 bits per heavy atom. The van der Waals surface area contributed by atoms with Gasteiger partial charge in [-0.3, -0.25) is 9.36 Å². The molecule has 2 aromatic heterocycles. The zero-order valence-corrected chi connectivity index (χ0v) is 16.9. The second-order valence-electron chi connectivity index (χ2n) is 7.01. The van der Waals surface area contributed by atoms with Crippen LogP contribution in [0.2, 0.25) is 0 Å². The molecule has 144 valence electrons. The van der Waals surface area contributed by atoms with Gasteiger partial charge in [0, 0.05) is 0 Å². The van der Waals surface area contributed by atoms with Crippen molar-refractivity contribution < 1.29 is 0 Å². The standard InChI is InChI=1S/C22H19N5OS/c1-14-8-10-16(11-9-14)12-18-21(28)26-13-23-20-19(24-22(26)29-18)15(2)25-27(20)17-6-4-3-5-7-17/h3-12,23H,13H2,1-2H3/b18-12-. The molecule has 5 rings (SSSR count). The molecule has 0 unspecified atom stereocenters. The monoisotopic (exact) mass is 401 g/mol. The van der Waals surface area contributed by atoms with E-state index in [1.54, 1.807) is 4.57 Å². The van der Waals surface area contributed by atoms with Crippen molar-refractivity contribution >= 4 is 28.9 Å². The quantitative estimate of drug-likeness (QED) is 0.562. The van der Waals surface area contributed by atoms with Crippen LogP contribution in [-0.4, -0.2) is 14.3 Å². The van der Waals surface area contributed by atoms with Crippen molar-refractivity contribution in [1.29, 1.82) is 0 Å². The van der Waals surface area contributed by atoms with Gasteiger partial charge in [0.2, 0.25) is 0 Å². The highest BCUT2D eigenvalue weighted by Gasteiger charge is 2.20. The lowest BCUT2D eigenvalue weighted by molar-refractivity contribution is 0.716. The Bertz CT molecular complexity index is 1380. The van der Waals surface area contributed by atoms with Crippen LogP contribution in [0, 0.1) is 13.8 Å². The van der Waals surface area contributed by atoms with Crippen molar-refractivity contribution in [3.63, 3.8) is 0 Å². The second kappa shape index (κ2) is 6.86. The molecule has 1 aliphatic rings. The number of para-hydroxylation sites is 1. The summed E-state index contributed by atoms with van der Waals surface area (Å²) in [5.41, 5.74) is 4.69. The number of benzene rings is 2. The summed E-state index contributed by atoms with van der Waals surface area (Å²) in [6, 6.07) is 18.0. The third kappa shape index (κ3) is 3.09. The summed E-state index contributed by atoms with van der Waals surface area (Å²) >= 11 is 1.40. The number of aryl methyl sites for hydroxylation is 2. The first-order valence-corrected chi connectivity index (χ1v) is 10.2. The minimum Gasteiger partial charge on any atom is -0.350 e. The lowest BCUT2D eigenvalue weighted by Gasteiger charge is -2.09. The van der Waals surface area contributed by atoms with Gasteiger partial charge in [-0.2, -0.15) is 5.10 Å². The Labute approximate surface area is 171 Å². The maximum Gasteiger partial charge on any atom is 0.271 e. The van der Waals surface area contributed by atoms with Gasteiger partial charge in [0.05, 0.1) is 22.6 Å². The highest BCUT2D eigenvalue weighted by molar-refractivity contribution is 7.07. The molecular formula is C22H19N5OS. The van der Waals surface area contributed by atoms with Crippen LogP contribution in [0.25, 0.3) is 11.8 Å². The molecule has 0 amide bonds. The van der Waals surface area contributed by atoms with E-state index in [1.807, 2.05) is 79.2 Å². The number of nitrogens with zero attached hydrogens (tertiary/aromatic N) is 4. The van der Waals surface area contributed by atoms with E-state index in [-0.39, 0.29) is 5.56 Å². The summed E-state index contributed by atoms with van der Waals surface area (Å²) in [6.45, 7) is 4.33. The third-order valence-electron chi connectivity index (χ3n) is 4.90. The number of anilines is 1. The molecule has 7 heteroatoms. The summed E-state index contributed by atoms with van der Waals surface area (Å²) < 4.78 is 4.19. The van der Waals surface area contributed by atoms with Gasteiger partial charge in [-0.15, -0.1) is 0 Å².